The van der Waals surface area contributed by atoms with E-state index < -0.39 is 5.91 Å². The van der Waals surface area contributed by atoms with Gasteiger partial charge in [0, 0.05) is 29.6 Å². The molecule has 0 bridgehead atoms. The van der Waals surface area contributed by atoms with Crippen molar-refractivity contribution < 1.29 is 19.5 Å². The summed E-state index contributed by atoms with van der Waals surface area (Å²) in [5.41, 5.74) is 5.13. The summed E-state index contributed by atoms with van der Waals surface area (Å²) < 4.78 is 11.4. The van der Waals surface area contributed by atoms with Gasteiger partial charge in [0.2, 0.25) is 0 Å². The molecule has 0 aromatic heterocycles. The topological polar surface area (TPSA) is 79.8 Å². The Kier molecular flexibility index (Phi) is 7.99. The van der Waals surface area contributed by atoms with E-state index in [2.05, 4.69) is 29.6 Å². The number of carbonyl (C=O) groups excluding carboxylic acids is 1. The molecule has 35 heavy (non-hydrogen) atoms. The predicted octanol–water partition coefficient (Wildman–Crippen LogP) is 5.93. The average molecular weight is 469 g/mol. The fraction of sp³-hybridized carbons (Fsp3) is 0.138. The van der Waals surface area contributed by atoms with Gasteiger partial charge < -0.3 is 14.8 Å². The standard InChI is InChI=1S/C29H28N2O4/c1-34-26-15-13-25(14-16-26)30-20-22(19-21-9-11-24(12-10-21)29(32)31-33)17-18-35-28-8-4-6-23-5-2-3-7-27(23)28/h2-16,19,30,33H,17-18,20H2,1H3,(H,31,32). The van der Waals surface area contributed by atoms with Gasteiger partial charge in [0.05, 0.1) is 13.7 Å². The van der Waals surface area contributed by atoms with Crippen molar-refractivity contribution in [2.24, 2.45) is 0 Å². The van der Waals surface area contributed by atoms with Crippen LogP contribution in [0.1, 0.15) is 22.3 Å². The van der Waals surface area contributed by atoms with Gasteiger partial charge in [-0.15, -0.1) is 0 Å². The number of ether oxygens (including phenoxy) is 2. The molecule has 6 heteroatoms. The molecule has 0 heterocycles. The highest BCUT2D eigenvalue weighted by atomic mass is 16.5. The molecule has 0 spiro atoms. The smallest absolute Gasteiger partial charge is 0.274 e. The third-order valence-electron chi connectivity index (χ3n) is 5.69. The van der Waals surface area contributed by atoms with Crippen LogP contribution in [0.5, 0.6) is 11.5 Å². The summed E-state index contributed by atoms with van der Waals surface area (Å²) in [6.45, 7) is 1.15. The zero-order valence-electron chi connectivity index (χ0n) is 19.5. The number of fused-ring (bicyclic) bond motifs is 1. The fourth-order valence-corrected chi connectivity index (χ4v) is 3.78. The molecule has 3 N–H and O–H groups in total. The van der Waals surface area contributed by atoms with Crippen LogP contribution >= 0.6 is 0 Å². The number of carbonyl (C=O) groups is 1. The summed E-state index contributed by atoms with van der Waals surface area (Å²) in [5, 5.41) is 14.5. The Bertz CT molecular complexity index is 1290. The van der Waals surface area contributed by atoms with Crippen LogP contribution in [-0.4, -0.2) is 31.4 Å². The van der Waals surface area contributed by atoms with Crippen molar-refractivity contribution in [3.8, 4) is 11.5 Å². The van der Waals surface area contributed by atoms with Gasteiger partial charge in [-0.3, -0.25) is 10.0 Å². The number of nitrogens with one attached hydrogen (secondary N) is 2. The fourth-order valence-electron chi connectivity index (χ4n) is 3.78. The van der Waals surface area contributed by atoms with Gasteiger partial charge >= 0.3 is 0 Å². The van der Waals surface area contributed by atoms with E-state index in [1.807, 2.05) is 60.7 Å². The van der Waals surface area contributed by atoms with Crippen LogP contribution in [0.15, 0.2) is 96.6 Å². The molecule has 0 unspecified atom stereocenters. The SMILES string of the molecule is COc1ccc(NCC(=Cc2ccc(C(=O)NO)cc2)CCOc2cccc3ccccc23)cc1. The molecular formula is C29H28N2O4. The van der Waals surface area contributed by atoms with E-state index in [1.165, 1.54) is 0 Å². The van der Waals surface area contributed by atoms with Gasteiger partial charge in [0.25, 0.3) is 5.91 Å². The van der Waals surface area contributed by atoms with Gasteiger partial charge in [-0.1, -0.05) is 54.6 Å². The van der Waals surface area contributed by atoms with Gasteiger partial charge in [-0.2, -0.15) is 0 Å². The quantitative estimate of drug-likeness (QED) is 0.199. The molecule has 0 aliphatic carbocycles. The summed E-state index contributed by atoms with van der Waals surface area (Å²) in [6.07, 6.45) is 2.80. The number of rotatable bonds is 10. The van der Waals surface area contributed by atoms with Gasteiger partial charge in [0.1, 0.15) is 11.5 Å². The lowest BCUT2D eigenvalue weighted by Crippen LogP contribution is -2.18. The molecule has 0 fully saturated rings. The molecule has 6 nitrogen and oxygen atoms in total. The van der Waals surface area contributed by atoms with Crippen LogP contribution in [-0.2, 0) is 0 Å². The van der Waals surface area contributed by atoms with Crippen LogP contribution in [0.4, 0.5) is 5.69 Å². The molecule has 0 aliphatic heterocycles. The molecule has 0 aliphatic rings. The molecule has 4 aromatic rings. The molecule has 4 aromatic carbocycles. The van der Waals surface area contributed by atoms with E-state index >= 15 is 0 Å². The van der Waals surface area contributed by atoms with Crippen LogP contribution in [0.2, 0.25) is 0 Å². The van der Waals surface area contributed by atoms with Crippen LogP contribution in [0.25, 0.3) is 16.8 Å². The van der Waals surface area contributed by atoms with Crippen molar-refractivity contribution >= 4 is 28.4 Å². The minimum Gasteiger partial charge on any atom is -0.497 e. The lowest BCUT2D eigenvalue weighted by Gasteiger charge is -2.14. The molecule has 0 radical (unpaired) electrons. The van der Waals surface area contributed by atoms with Crippen molar-refractivity contribution in [1.82, 2.24) is 5.48 Å². The average Bonchev–Trinajstić information content (AvgIpc) is 2.92. The molecule has 1 amide bonds. The highest BCUT2D eigenvalue weighted by molar-refractivity contribution is 5.93. The summed E-state index contributed by atoms with van der Waals surface area (Å²) in [4.78, 5) is 11.6. The van der Waals surface area contributed by atoms with Crippen LogP contribution in [0.3, 0.4) is 0 Å². The zero-order valence-corrected chi connectivity index (χ0v) is 19.5. The van der Waals surface area contributed by atoms with Gasteiger partial charge in [-0.05, 0) is 59.0 Å². The van der Waals surface area contributed by atoms with Gasteiger partial charge in [0.15, 0.2) is 0 Å². The minimum absolute atomic E-state index is 0.391. The monoisotopic (exact) mass is 468 g/mol. The Morgan fingerprint density at radius 3 is 2.40 bits per heavy atom. The van der Waals surface area contributed by atoms with E-state index in [9.17, 15) is 4.79 Å². The Morgan fingerprint density at radius 1 is 0.914 bits per heavy atom. The van der Waals surface area contributed by atoms with E-state index in [0.29, 0.717) is 25.1 Å². The number of hydroxylamine groups is 1. The van der Waals surface area contributed by atoms with Crippen molar-refractivity contribution in [3.05, 3.63) is 108 Å². The number of amides is 1. The number of anilines is 1. The Labute approximate surface area is 204 Å². The Balaban J connectivity index is 1.48. The van der Waals surface area contributed by atoms with Crippen molar-refractivity contribution in [1.29, 1.82) is 0 Å². The maximum Gasteiger partial charge on any atom is 0.274 e. The molecule has 178 valence electrons. The van der Waals surface area contributed by atoms with Crippen LogP contribution in [0, 0.1) is 0 Å². The first-order valence-electron chi connectivity index (χ1n) is 11.4. The zero-order chi connectivity index (χ0) is 24.5. The highest BCUT2D eigenvalue weighted by Gasteiger charge is 2.06. The minimum atomic E-state index is -0.537. The second kappa shape index (κ2) is 11.7. The summed E-state index contributed by atoms with van der Waals surface area (Å²) in [5.74, 6) is 1.14. The maximum absolute atomic E-state index is 11.6. The molecular weight excluding hydrogens is 440 g/mol. The molecule has 0 atom stereocenters. The maximum atomic E-state index is 11.6. The Morgan fingerprint density at radius 2 is 1.66 bits per heavy atom. The van der Waals surface area contributed by atoms with Crippen molar-refractivity contribution in [2.45, 2.75) is 6.42 Å². The third kappa shape index (κ3) is 6.40. The van der Waals surface area contributed by atoms with E-state index in [1.54, 1.807) is 24.7 Å². The number of methoxy groups -OCH3 is 1. The third-order valence-corrected chi connectivity index (χ3v) is 5.69. The van der Waals surface area contributed by atoms with Crippen molar-refractivity contribution in [3.63, 3.8) is 0 Å². The normalized spacial score (nSPS) is 11.2. The molecule has 0 saturated carbocycles. The second-order valence-electron chi connectivity index (χ2n) is 8.02. The van der Waals surface area contributed by atoms with Gasteiger partial charge in [-0.25, -0.2) is 5.48 Å². The lowest BCUT2D eigenvalue weighted by atomic mass is 10.1. The van der Waals surface area contributed by atoms with E-state index in [0.717, 1.165) is 39.1 Å². The summed E-state index contributed by atoms with van der Waals surface area (Å²) in [6, 6.07) is 29.1. The summed E-state index contributed by atoms with van der Waals surface area (Å²) in [7, 11) is 1.65. The van der Waals surface area contributed by atoms with E-state index in [4.69, 9.17) is 14.7 Å². The summed E-state index contributed by atoms with van der Waals surface area (Å²) >= 11 is 0. The number of hydrogen-bond donors (Lipinski definition) is 3. The van der Waals surface area contributed by atoms with Crippen LogP contribution < -0.4 is 20.3 Å². The van der Waals surface area contributed by atoms with E-state index in [-0.39, 0.29) is 0 Å². The first kappa shape index (κ1) is 23.9. The highest BCUT2D eigenvalue weighted by Crippen LogP contribution is 2.26. The lowest BCUT2D eigenvalue weighted by molar-refractivity contribution is 0.0706. The molecule has 4 rings (SSSR count). The Hall–Kier alpha value is -4.29. The number of hydrogen-bond acceptors (Lipinski definition) is 5. The van der Waals surface area contributed by atoms with Crippen molar-refractivity contribution in [2.75, 3.05) is 25.6 Å². The first-order chi connectivity index (χ1) is 17.2. The predicted molar refractivity (Wildman–Crippen MR) is 139 cm³/mol. The number of benzene rings is 4. The second-order valence-corrected chi connectivity index (χ2v) is 8.02. The first-order valence-corrected chi connectivity index (χ1v) is 11.4. The largest absolute Gasteiger partial charge is 0.497 e. The molecule has 0 saturated heterocycles.